The molecule has 0 saturated heterocycles. The first-order valence-electron chi connectivity index (χ1n) is 5.80. The van der Waals surface area contributed by atoms with E-state index in [0.717, 1.165) is 0 Å². The number of nitrogens with two attached hydrogens (primary N) is 1. The zero-order valence-electron chi connectivity index (χ0n) is 10.2. The Labute approximate surface area is 112 Å². The molecule has 1 atom stereocenters. The van der Waals surface area contributed by atoms with Crippen molar-refractivity contribution < 1.29 is 13.5 Å². The highest BCUT2D eigenvalue weighted by atomic mass is 32.2. The fraction of sp³-hybridized carbons (Fsp3) is 0.143. The second kappa shape index (κ2) is 5.13. The molecular formula is C14H15NO3S. The summed E-state index contributed by atoms with van der Waals surface area (Å²) < 4.78 is 25.1. The van der Waals surface area contributed by atoms with Crippen LogP contribution in [-0.4, -0.2) is 20.1 Å². The van der Waals surface area contributed by atoms with E-state index < -0.39 is 21.3 Å². The summed E-state index contributed by atoms with van der Waals surface area (Å²) >= 11 is 0. The third-order valence-corrected chi connectivity index (χ3v) is 5.18. The Balaban J connectivity index is 2.60. The smallest absolute Gasteiger partial charge is 0.213 e. The molecule has 0 saturated carbocycles. The number of benzene rings is 2. The van der Waals surface area contributed by atoms with Crippen molar-refractivity contribution in [2.45, 2.75) is 9.83 Å². The van der Waals surface area contributed by atoms with Gasteiger partial charge in [0, 0.05) is 12.1 Å². The molecule has 0 radical (unpaired) electrons. The first-order chi connectivity index (χ1) is 9.02. The van der Waals surface area contributed by atoms with Gasteiger partial charge in [0.25, 0.3) is 0 Å². The lowest BCUT2D eigenvalue weighted by Crippen LogP contribution is -2.42. The lowest BCUT2D eigenvalue weighted by atomic mass is 10.1. The van der Waals surface area contributed by atoms with Gasteiger partial charge in [-0.1, -0.05) is 48.5 Å². The summed E-state index contributed by atoms with van der Waals surface area (Å²) in [4.78, 5) is -2.07. The summed E-state index contributed by atoms with van der Waals surface area (Å²) in [7, 11) is -3.97. The number of aliphatic hydroxyl groups is 1. The van der Waals surface area contributed by atoms with E-state index in [1.54, 1.807) is 48.5 Å². The minimum absolute atomic E-state index is 0.0480. The Bertz CT molecular complexity index is 641. The van der Waals surface area contributed by atoms with Crippen molar-refractivity contribution in [2.75, 3.05) is 6.54 Å². The number of hydrogen-bond acceptors (Lipinski definition) is 4. The molecule has 0 aliphatic heterocycles. The van der Waals surface area contributed by atoms with Gasteiger partial charge in [-0.25, -0.2) is 8.42 Å². The van der Waals surface area contributed by atoms with E-state index in [-0.39, 0.29) is 10.5 Å². The van der Waals surface area contributed by atoms with Crippen LogP contribution in [0.15, 0.2) is 65.6 Å². The predicted octanol–water partition coefficient (Wildman–Crippen LogP) is 1.26. The van der Waals surface area contributed by atoms with E-state index in [2.05, 4.69) is 0 Å². The molecule has 2 aromatic rings. The molecule has 0 fully saturated rings. The van der Waals surface area contributed by atoms with Crippen LogP contribution in [0.2, 0.25) is 0 Å². The molecular weight excluding hydrogens is 262 g/mol. The summed E-state index contributed by atoms with van der Waals surface area (Å²) in [6, 6.07) is 16.0. The van der Waals surface area contributed by atoms with Gasteiger partial charge in [0.15, 0.2) is 0 Å². The second-order valence-electron chi connectivity index (χ2n) is 4.17. The van der Waals surface area contributed by atoms with E-state index >= 15 is 0 Å². The highest BCUT2D eigenvalue weighted by molar-refractivity contribution is 7.92. The molecule has 0 aliphatic carbocycles. The highest BCUT2D eigenvalue weighted by Gasteiger charge is 2.43. The molecule has 0 amide bonds. The minimum Gasteiger partial charge on any atom is -0.370 e. The van der Waals surface area contributed by atoms with Crippen LogP contribution >= 0.6 is 0 Å². The van der Waals surface area contributed by atoms with Crippen molar-refractivity contribution in [3.63, 3.8) is 0 Å². The van der Waals surface area contributed by atoms with Gasteiger partial charge in [-0.3, -0.25) is 0 Å². The standard InChI is InChI=1S/C14H15NO3S/c15-11-14(16,12-7-3-1-4-8-12)19(17,18)13-9-5-2-6-10-13/h1-10,16H,11,15H2. The van der Waals surface area contributed by atoms with Crippen LogP contribution in [-0.2, 0) is 14.8 Å². The molecule has 0 aromatic heterocycles. The second-order valence-corrected chi connectivity index (χ2v) is 6.32. The highest BCUT2D eigenvalue weighted by Crippen LogP contribution is 2.32. The lowest BCUT2D eigenvalue weighted by Gasteiger charge is -2.26. The maximum absolute atomic E-state index is 12.6. The maximum atomic E-state index is 12.6. The first kappa shape index (κ1) is 13.7. The average molecular weight is 277 g/mol. The molecule has 1 unspecified atom stereocenters. The molecule has 0 aliphatic rings. The van der Waals surface area contributed by atoms with Gasteiger partial charge in [-0.2, -0.15) is 0 Å². The normalized spacial score (nSPS) is 14.8. The SMILES string of the molecule is NCC(O)(c1ccccc1)S(=O)(=O)c1ccccc1. The Morgan fingerprint density at radius 2 is 1.42 bits per heavy atom. The maximum Gasteiger partial charge on any atom is 0.213 e. The van der Waals surface area contributed by atoms with Crippen LogP contribution in [0, 0.1) is 0 Å². The van der Waals surface area contributed by atoms with Gasteiger partial charge in [0.1, 0.15) is 0 Å². The topological polar surface area (TPSA) is 80.4 Å². The average Bonchev–Trinajstić information content (AvgIpc) is 2.48. The minimum atomic E-state index is -3.97. The molecule has 19 heavy (non-hydrogen) atoms. The van der Waals surface area contributed by atoms with E-state index in [1.807, 2.05) is 0 Å². The number of sulfone groups is 1. The van der Waals surface area contributed by atoms with Gasteiger partial charge >= 0.3 is 0 Å². The monoisotopic (exact) mass is 277 g/mol. The van der Waals surface area contributed by atoms with Crippen LogP contribution in [0.1, 0.15) is 5.56 Å². The van der Waals surface area contributed by atoms with E-state index in [0.29, 0.717) is 0 Å². The van der Waals surface area contributed by atoms with Crippen molar-refractivity contribution in [3.8, 4) is 0 Å². The fourth-order valence-corrected chi connectivity index (χ4v) is 3.45. The van der Waals surface area contributed by atoms with Gasteiger partial charge in [-0.05, 0) is 12.1 Å². The van der Waals surface area contributed by atoms with Gasteiger partial charge in [0.2, 0.25) is 14.8 Å². The van der Waals surface area contributed by atoms with Crippen molar-refractivity contribution in [3.05, 3.63) is 66.2 Å². The molecule has 3 N–H and O–H groups in total. The number of hydrogen-bond donors (Lipinski definition) is 2. The quantitative estimate of drug-likeness (QED) is 0.881. The van der Waals surface area contributed by atoms with Crippen LogP contribution in [0.3, 0.4) is 0 Å². The van der Waals surface area contributed by atoms with Gasteiger partial charge in [-0.15, -0.1) is 0 Å². The molecule has 2 aromatic carbocycles. The molecule has 2 rings (SSSR count). The summed E-state index contributed by atoms with van der Waals surface area (Å²) in [6.45, 7) is -0.408. The summed E-state index contributed by atoms with van der Waals surface area (Å²) in [5.74, 6) is 0. The summed E-state index contributed by atoms with van der Waals surface area (Å²) in [6.07, 6.45) is 0. The van der Waals surface area contributed by atoms with Crippen LogP contribution in [0.4, 0.5) is 0 Å². The van der Waals surface area contributed by atoms with Crippen molar-refractivity contribution in [2.24, 2.45) is 5.73 Å². The van der Waals surface area contributed by atoms with Crippen LogP contribution in [0.5, 0.6) is 0 Å². The molecule has 100 valence electrons. The zero-order valence-corrected chi connectivity index (χ0v) is 11.0. The van der Waals surface area contributed by atoms with Crippen molar-refractivity contribution in [1.29, 1.82) is 0 Å². The van der Waals surface area contributed by atoms with Crippen LogP contribution < -0.4 is 5.73 Å². The lowest BCUT2D eigenvalue weighted by molar-refractivity contribution is 0.133. The fourth-order valence-electron chi connectivity index (χ4n) is 1.88. The van der Waals surface area contributed by atoms with Gasteiger partial charge < -0.3 is 10.8 Å². The predicted molar refractivity (Wildman–Crippen MR) is 73.0 cm³/mol. The molecule has 0 bridgehead atoms. The largest absolute Gasteiger partial charge is 0.370 e. The zero-order chi connectivity index (χ0) is 13.9. The Morgan fingerprint density at radius 1 is 0.947 bits per heavy atom. The van der Waals surface area contributed by atoms with Crippen molar-refractivity contribution >= 4 is 9.84 Å². The molecule has 0 heterocycles. The Morgan fingerprint density at radius 3 is 1.89 bits per heavy atom. The van der Waals surface area contributed by atoms with Crippen LogP contribution in [0.25, 0.3) is 0 Å². The number of rotatable bonds is 4. The summed E-state index contributed by atoms with van der Waals surface area (Å²) in [5.41, 5.74) is 5.80. The van der Waals surface area contributed by atoms with E-state index in [9.17, 15) is 13.5 Å². The molecule has 4 nitrogen and oxygen atoms in total. The molecule has 5 heteroatoms. The Kier molecular flexibility index (Phi) is 3.71. The van der Waals surface area contributed by atoms with Crippen molar-refractivity contribution in [1.82, 2.24) is 0 Å². The third kappa shape index (κ3) is 2.28. The Hall–Kier alpha value is -1.69. The third-order valence-electron chi connectivity index (χ3n) is 3.00. The molecule has 0 spiro atoms. The van der Waals surface area contributed by atoms with E-state index in [1.165, 1.54) is 12.1 Å². The van der Waals surface area contributed by atoms with E-state index in [4.69, 9.17) is 5.73 Å². The first-order valence-corrected chi connectivity index (χ1v) is 7.28. The van der Waals surface area contributed by atoms with Gasteiger partial charge in [0.05, 0.1) is 4.90 Å². The summed E-state index contributed by atoms with van der Waals surface area (Å²) in [5, 5.41) is 10.6.